The van der Waals surface area contributed by atoms with E-state index in [1.807, 2.05) is 42.6 Å². The summed E-state index contributed by atoms with van der Waals surface area (Å²) in [5.74, 6) is -0.378. The topological polar surface area (TPSA) is 48.0 Å². The molecule has 1 aromatic rings. The summed E-state index contributed by atoms with van der Waals surface area (Å²) in [6.07, 6.45) is 8.95. The number of esters is 1. The first-order valence-corrected chi connectivity index (χ1v) is 8.82. The molecule has 0 bridgehead atoms. The molecule has 0 fully saturated rings. The van der Waals surface area contributed by atoms with Crippen LogP contribution in [0.2, 0.25) is 0 Å². The number of carbonyl (C=O) groups is 1. The Balaban J connectivity index is 2.34. The van der Waals surface area contributed by atoms with Gasteiger partial charge in [0.2, 0.25) is 0 Å². The quantitative estimate of drug-likeness (QED) is 0.340. The first kappa shape index (κ1) is 20.7. The number of carbonyl (C=O) groups excluding carboxylic acids is 1. The maximum atomic E-state index is 12.0. The van der Waals surface area contributed by atoms with Gasteiger partial charge in [-0.15, -0.1) is 13.2 Å². The summed E-state index contributed by atoms with van der Waals surface area (Å²) < 4.78 is 16.4. The van der Waals surface area contributed by atoms with E-state index in [-0.39, 0.29) is 5.97 Å². The highest BCUT2D eigenvalue weighted by molar-refractivity contribution is 5.91. The predicted octanol–water partition coefficient (Wildman–Crippen LogP) is 3.26. The largest absolute Gasteiger partial charge is 0.465 e. The molecule has 0 unspecified atom stereocenters. The molecule has 5 nitrogen and oxygen atoms in total. The van der Waals surface area contributed by atoms with Gasteiger partial charge < -0.3 is 19.1 Å². The molecule has 0 saturated heterocycles. The molecule has 27 heavy (non-hydrogen) atoms. The van der Waals surface area contributed by atoms with Crippen molar-refractivity contribution in [2.75, 3.05) is 33.5 Å². The van der Waals surface area contributed by atoms with E-state index in [4.69, 9.17) is 14.2 Å². The molecule has 1 heterocycles. The fourth-order valence-corrected chi connectivity index (χ4v) is 2.84. The molecular formula is C22H27NO4. The van der Waals surface area contributed by atoms with Crippen molar-refractivity contribution >= 4 is 5.97 Å². The Bertz CT molecular complexity index is 680. The Hall–Kier alpha value is -2.63. The van der Waals surface area contributed by atoms with Crippen molar-refractivity contribution in [2.24, 2.45) is 0 Å². The van der Waals surface area contributed by atoms with Gasteiger partial charge >= 0.3 is 5.97 Å². The molecule has 0 saturated carbocycles. The maximum absolute atomic E-state index is 12.0. The summed E-state index contributed by atoms with van der Waals surface area (Å²) in [5.41, 5.74) is 1.04. The molecule has 1 aliphatic rings. The molecule has 144 valence electrons. The molecule has 0 atom stereocenters. The number of benzene rings is 1. The van der Waals surface area contributed by atoms with Gasteiger partial charge in [-0.1, -0.05) is 48.6 Å². The second kappa shape index (κ2) is 10.5. The van der Waals surface area contributed by atoms with Crippen molar-refractivity contribution in [3.05, 3.63) is 85.1 Å². The van der Waals surface area contributed by atoms with Crippen LogP contribution in [-0.2, 0) is 25.5 Å². The Labute approximate surface area is 161 Å². The number of ether oxygens (including phenoxy) is 3. The fraction of sp³-hybridized carbons (Fsp3) is 0.318. The van der Waals surface area contributed by atoms with E-state index >= 15 is 0 Å². The molecule has 0 aromatic heterocycles. The molecule has 2 rings (SSSR count). The summed E-state index contributed by atoms with van der Waals surface area (Å²) >= 11 is 0. The Morgan fingerprint density at radius 2 is 1.74 bits per heavy atom. The first-order valence-electron chi connectivity index (χ1n) is 8.82. The van der Waals surface area contributed by atoms with Gasteiger partial charge in [0.05, 0.1) is 39.1 Å². The normalized spacial score (nSPS) is 15.1. The molecular weight excluding hydrogens is 342 g/mol. The fourth-order valence-electron chi connectivity index (χ4n) is 2.84. The molecule has 1 aromatic carbocycles. The SMILES string of the molecule is C=CCOCC1(COCC=C)C=CC(C(=O)OC)=CN1Cc1ccccc1. The zero-order valence-electron chi connectivity index (χ0n) is 15.8. The number of hydrogen-bond donors (Lipinski definition) is 0. The third-order valence-electron chi connectivity index (χ3n) is 4.23. The number of nitrogens with zero attached hydrogens (tertiary/aromatic N) is 1. The first-order chi connectivity index (χ1) is 13.1. The average molecular weight is 369 g/mol. The minimum atomic E-state index is -0.556. The summed E-state index contributed by atoms with van der Waals surface area (Å²) in [6.45, 7) is 9.65. The maximum Gasteiger partial charge on any atom is 0.339 e. The van der Waals surface area contributed by atoms with Crippen LogP contribution in [0.5, 0.6) is 0 Å². The van der Waals surface area contributed by atoms with E-state index in [0.29, 0.717) is 38.5 Å². The Kier molecular flexibility index (Phi) is 8.04. The Morgan fingerprint density at radius 3 is 2.30 bits per heavy atom. The summed E-state index contributed by atoms with van der Waals surface area (Å²) in [6, 6.07) is 10.0. The summed E-state index contributed by atoms with van der Waals surface area (Å²) in [5, 5.41) is 0. The van der Waals surface area contributed by atoms with E-state index < -0.39 is 5.54 Å². The van der Waals surface area contributed by atoms with Crippen molar-refractivity contribution in [3.63, 3.8) is 0 Å². The van der Waals surface area contributed by atoms with Crippen LogP contribution in [0.15, 0.2) is 79.6 Å². The van der Waals surface area contributed by atoms with Gasteiger partial charge in [0.1, 0.15) is 5.54 Å². The van der Waals surface area contributed by atoms with Crippen LogP contribution in [0.3, 0.4) is 0 Å². The van der Waals surface area contributed by atoms with Crippen molar-refractivity contribution in [3.8, 4) is 0 Å². The van der Waals surface area contributed by atoms with Gasteiger partial charge in [-0.2, -0.15) is 0 Å². The van der Waals surface area contributed by atoms with E-state index in [9.17, 15) is 4.79 Å². The van der Waals surface area contributed by atoms with Crippen LogP contribution < -0.4 is 0 Å². The zero-order valence-corrected chi connectivity index (χ0v) is 15.8. The van der Waals surface area contributed by atoms with Crippen LogP contribution in [0.25, 0.3) is 0 Å². The van der Waals surface area contributed by atoms with Crippen molar-refractivity contribution in [2.45, 2.75) is 12.1 Å². The van der Waals surface area contributed by atoms with E-state index in [1.54, 1.807) is 18.2 Å². The lowest BCUT2D eigenvalue weighted by atomic mass is 9.93. The van der Waals surface area contributed by atoms with Crippen molar-refractivity contribution in [1.82, 2.24) is 4.90 Å². The van der Waals surface area contributed by atoms with Gasteiger partial charge in [-0.25, -0.2) is 4.79 Å². The minimum absolute atomic E-state index is 0.378. The van der Waals surface area contributed by atoms with Crippen molar-refractivity contribution < 1.29 is 19.0 Å². The second-order valence-electron chi connectivity index (χ2n) is 6.23. The zero-order chi connectivity index (χ0) is 19.5. The van der Waals surface area contributed by atoms with Gasteiger partial charge in [-0.3, -0.25) is 0 Å². The van der Waals surface area contributed by atoms with Crippen LogP contribution in [0.4, 0.5) is 0 Å². The standard InChI is InChI=1S/C22H27NO4/c1-4-13-26-17-22(18-27-14-5-2)12-11-20(21(24)25-3)16-23(22)15-19-9-7-6-8-10-19/h4-12,16H,1-2,13-15,17-18H2,3H3. The molecule has 0 aliphatic carbocycles. The Morgan fingerprint density at radius 1 is 1.11 bits per heavy atom. The number of hydrogen-bond acceptors (Lipinski definition) is 5. The lowest BCUT2D eigenvalue weighted by molar-refractivity contribution is -0.136. The minimum Gasteiger partial charge on any atom is -0.465 e. The van der Waals surface area contributed by atoms with Crippen LogP contribution in [0.1, 0.15) is 5.56 Å². The smallest absolute Gasteiger partial charge is 0.339 e. The third kappa shape index (κ3) is 5.67. The molecule has 0 spiro atoms. The molecule has 0 amide bonds. The average Bonchev–Trinajstić information content (AvgIpc) is 2.70. The molecule has 1 aliphatic heterocycles. The highest BCUT2D eigenvalue weighted by Gasteiger charge is 2.37. The number of rotatable bonds is 11. The molecule has 5 heteroatoms. The summed E-state index contributed by atoms with van der Waals surface area (Å²) in [4.78, 5) is 14.1. The lowest BCUT2D eigenvalue weighted by Crippen LogP contribution is -2.53. The van der Waals surface area contributed by atoms with Crippen LogP contribution in [0, 0.1) is 0 Å². The number of methoxy groups -OCH3 is 1. The molecule has 0 N–H and O–H groups in total. The monoisotopic (exact) mass is 369 g/mol. The second-order valence-corrected chi connectivity index (χ2v) is 6.23. The summed E-state index contributed by atoms with van der Waals surface area (Å²) in [7, 11) is 1.38. The van der Waals surface area contributed by atoms with Crippen LogP contribution >= 0.6 is 0 Å². The van der Waals surface area contributed by atoms with Gasteiger partial charge in [0, 0.05) is 12.7 Å². The van der Waals surface area contributed by atoms with Gasteiger partial charge in [0.15, 0.2) is 0 Å². The molecule has 0 radical (unpaired) electrons. The van der Waals surface area contributed by atoms with E-state index in [0.717, 1.165) is 5.56 Å². The predicted molar refractivity (Wildman–Crippen MR) is 106 cm³/mol. The highest BCUT2D eigenvalue weighted by Crippen LogP contribution is 2.28. The van der Waals surface area contributed by atoms with Gasteiger partial charge in [0.25, 0.3) is 0 Å². The third-order valence-corrected chi connectivity index (χ3v) is 4.23. The van der Waals surface area contributed by atoms with Crippen LogP contribution in [-0.4, -0.2) is 49.9 Å². The highest BCUT2D eigenvalue weighted by atomic mass is 16.5. The van der Waals surface area contributed by atoms with E-state index in [2.05, 4.69) is 18.1 Å². The van der Waals surface area contributed by atoms with E-state index in [1.165, 1.54) is 7.11 Å². The van der Waals surface area contributed by atoms with Crippen molar-refractivity contribution in [1.29, 1.82) is 0 Å². The lowest BCUT2D eigenvalue weighted by Gasteiger charge is -2.43. The van der Waals surface area contributed by atoms with Gasteiger partial charge in [-0.05, 0) is 11.6 Å².